The molecule has 0 aliphatic rings. The summed E-state index contributed by atoms with van der Waals surface area (Å²) in [6, 6.07) is 7.88. The Morgan fingerprint density at radius 2 is 1.79 bits per heavy atom. The van der Waals surface area contributed by atoms with Crippen LogP contribution in [0.25, 0.3) is 0 Å². The zero-order valence-corrected chi connectivity index (χ0v) is 12.3. The van der Waals surface area contributed by atoms with E-state index in [1.807, 2.05) is 0 Å². The summed E-state index contributed by atoms with van der Waals surface area (Å²) in [5, 5.41) is 2.48. The molecule has 0 atom stereocenters. The Morgan fingerprint density at radius 1 is 1.11 bits per heavy atom. The summed E-state index contributed by atoms with van der Waals surface area (Å²) in [4.78, 5) is 11.9. The molecule has 1 amide bonds. The van der Waals surface area contributed by atoms with Gasteiger partial charge in [-0.25, -0.2) is 8.78 Å². The fraction of sp³-hybridized carbons (Fsp3) is 0. The third-order valence-electron chi connectivity index (χ3n) is 2.36. The minimum absolute atomic E-state index is 0.0773. The molecule has 0 aliphatic carbocycles. The van der Waals surface area contributed by atoms with Crippen molar-refractivity contribution in [1.82, 2.24) is 0 Å². The maximum atomic E-state index is 13.1. The smallest absolute Gasteiger partial charge is 0.255 e. The first kappa shape index (κ1) is 14.2. The van der Waals surface area contributed by atoms with Crippen molar-refractivity contribution >= 4 is 45.8 Å². The molecule has 98 valence electrons. The van der Waals surface area contributed by atoms with E-state index in [0.29, 0.717) is 14.8 Å². The van der Waals surface area contributed by atoms with Gasteiger partial charge in [-0.15, -0.1) is 0 Å². The molecule has 0 spiro atoms. The van der Waals surface area contributed by atoms with Crippen LogP contribution in [0, 0.1) is 15.2 Å². The van der Waals surface area contributed by atoms with Crippen LogP contribution in [0.15, 0.2) is 36.4 Å². The molecule has 2 aromatic carbocycles. The number of nitrogens with one attached hydrogen (secondary N) is 1. The zero-order valence-electron chi connectivity index (χ0n) is 9.38. The van der Waals surface area contributed by atoms with E-state index in [1.54, 1.807) is 22.6 Å². The van der Waals surface area contributed by atoms with E-state index in [2.05, 4.69) is 5.32 Å². The van der Waals surface area contributed by atoms with Gasteiger partial charge in [0.05, 0.1) is 5.02 Å². The van der Waals surface area contributed by atoms with Crippen molar-refractivity contribution in [3.8, 4) is 0 Å². The van der Waals surface area contributed by atoms with Gasteiger partial charge in [-0.2, -0.15) is 0 Å². The van der Waals surface area contributed by atoms with Gasteiger partial charge in [0.15, 0.2) is 0 Å². The summed E-state index contributed by atoms with van der Waals surface area (Å²) in [7, 11) is 0. The number of hydrogen-bond donors (Lipinski definition) is 1. The quantitative estimate of drug-likeness (QED) is 0.749. The molecule has 19 heavy (non-hydrogen) atoms. The minimum atomic E-state index is -0.559. The van der Waals surface area contributed by atoms with Crippen LogP contribution in [0.3, 0.4) is 0 Å². The standard InChI is InChI=1S/C13H7ClF2INO/c14-9-6-8(2-4-10(9)15)18-13(19)7-1-3-11(16)12(17)5-7/h1-6H,(H,18,19). The number of rotatable bonds is 2. The lowest BCUT2D eigenvalue weighted by Crippen LogP contribution is -2.12. The molecule has 1 N–H and O–H groups in total. The lowest BCUT2D eigenvalue weighted by Gasteiger charge is -2.06. The molecule has 0 aliphatic heterocycles. The average Bonchev–Trinajstić information content (AvgIpc) is 2.37. The molecule has 6 heteroatoms. The average molecular weight is 394 g/mol. The van der Waals surface area contributed by atoms with E-state index >= 15 is 0 Å². The first-order valence-electron chi connectivity index (χ1n) is 5.19. The predicted molar refractivity (Wildman–Crippen MR) is 78.5 cm³/mol. The third-order valence-corrected chi connectivity index (χ3v) is 3.48. The molecule has 0 aromatic heterocycles. The van der Waals surface area contributed by atoms with Crippen molar-refractivity contribution in [1.29, 1.82) is 0 Å². The first-order chi connectivity index (χ1) is 8.97. The Hall–Kier alpha value is -1.21. The fourth-order valence-corrected chi connectivity index (χ4v) is 2.11. The Bertz CT molecular complexity index is 649. The molecule has 0 heterocycles. The third kappa shape index (κ3) is 3.42. The number of benzene rings is 2. The molecule has 0 bridgehead atoms. The van der Waals surface area contributed by atoms with Crippen molar-refractivity contribution in [2.24, 2.45) is 0 Å². The number of carbonyl (C=O) groups is 1. The highest BCUT2D eigenvalue weighted by atomic mass is 127. The highest BCUT2D eigenvalue weighted by Gasteiger charge is 2.09. The summed E-state index contributed by atoms with van der Waals surface area (Å²) >= 11 is 7.41. The summed E-state index contributed by atoms with van der Waals surface area (Å²) in [6.45, 7) is 0. The molecule has 2 rings (SSSR count). The predicted octanol–water partition coefficient (Wildman–Crippen LogP) is 4.48. The number of hydrogen-bond acceptors (Lipinski definition) is 1. The van der Waals surface area contributed by atoms with Gasteiger partial charge in [0.1, 0.15) is 11.6 Å². The van der Waals surface area contributed by atoms with Gasteiger partial charge in [-0.3, -0.25) is 4.79 Å². The molecule has 0 saturated heterocycles. The molecule has 0 saturated carbocycles. The van der Waals surface area contributed by atoms with E-state index in [9.17, 15) is 13.6 Å². The van der Waals surface area contributed by atoms with Crippen molar-refractivity contribution in [3.63, 3.8) is 0 Å². The Balaban J connectivity index is 2.20. The SMILES string of the molecule is O=C(Nc1ccc(F)c(Cl)c1)c1ccc(F)c(I)c1. The summed E-state index contributed by atoms with van der Waals surface area (Å²) < 4.78 is 26.4. The summed E-state index contributed by atoms with van der Waals surface area (Å²) in [5.41, 5.74) is 0.682. The van der Waals surface area contributed by atoms with E-state index in [1.165, 1.54) is 30.3 Å². The van der Waals surface area contributed by atoms with Gasteiger partial charge < -0.3 is 5.32 Å². The van der Waals surface area contributed by atoms with Crippen molar-refractivity contribution < 1.29 is 13.6 Å². The summed E-state index contributed by atoms with van der Waals surface area (Å²) in [6.07, 6.45) is 0. The van der Waals surface area contributed by atoms with Crippen LogP contribution in [0.1, 0.15) is 10.4 Å². The van der Waals surface area contributed by atoms with Crippen LogP contribution in [-0.4, -0.2) is 5.91 Å². The largest absolute Gasteiger partial charge is 0.322 e. The van der Waals surface area contributed by atoms with Gasteiger partial charge in [-0.1, -0.05) is 11.6 Å². The monoisotopic (exact) mass is 393 g/mol. The number of carbonyl (C=O) groups excluding carboxylic acids is 1. The molecular formula is C13H7ClF2INO. The topological polar surface area (TPSA) is 29.1 Å². The first-order valence-corrected chi connectivity index (χ1v) is 6.64. The van der Waals surface area contributed by atoms with Crippen LogP contribution in [0.4, 0.5) is 14.5 Å². The maximum absolute atomic E-state index is 13.1. The summed E-state index contributed by atoms with van der Waals surface area (Å²) in [5.74, 6) is -1.36. The van der Waals surface area contributed by atoms with Gasteiger partial charge in [0, 0.05) is 14.8 Å². The fourth-order valence-electron chi connectivity index (χ4n) is 1.41. The zero-order chi connectivity index (χ0) is 14.0. The van der Waals surface area contributed by atoms with E-state index in [4.69, 9.17) is 11.6 Å². The van der Waals surface area contributed by atoms with Gasteiger partial charge in [0.2, 0.25) is 0 Å². The lowest BCUT2D eigenvalue weighted by molar-refractivity contribution is 0.102. The second-order valence-corrected chi connectivity index (χ2v) is 5.28. The van der Waals surface area contributed by atoms with Crippen molar-refractivity contribution in [2.45, 2.75) is 0 Å². The maximum Gasteiger partial charge on any atom is 0.255 e. The van der Waals surface area contributed by atoms with Gasteiger partial charge in [-0.05, 0) is 59.0 Å². The van der Waals surface area contributed by atoms with E-state index in [-0.39, 0.29) is 10.8 Å². The van der Waals surface area contributed by atoms with Crippen molar-refractivity contribution in [3.05, 3.63) is 62.2 Å². The Kier molecular flexibility index (Phi) is 4.36. The molecule has 0 unspecified atom stereocenters. The van der Waals surface area contributed by atoms with Gasteiger partial charge in [0.25, 0.3) is 5.91 Å². The second kappa shape index (κ2) is 5.83. The van der Waals surface area contributed by atoms with Gasteiger partial charge >= 0.3 is 0 Å². The molecule has 2 aromatic rings. The number of amides is 1. The van der Waals surface area contributed by atoms with Crippen LogP contribution in [-0.2, 0) is 0 Å². The molecule has 0 radical (unpaired) electrons. The minimum Gasteiger partial charge on any atom is -0.322 e. The van der Waals surface area contributed by atoms with Crippen LogP contribution in [0.2, 0.25) is 5.02 Å². The second-order valence-electron chi connectivity index (χ2n) is 3.71. The number of anilines is 1. The lowest BCUT2D eigenvalue weighted by atomic mass is 10.2. The highest BCUT2D eigenvalue weighted by molar-refractivity contribution is 14.1. The molecule has 0 fully saturated rings. The normalized spacial score (nSPS) is 10.3. The van der Waals surface area contributed by atoms with E-state index < -0.39 is 11.7 Å². The van der Waals surface area contributed by atoms with Crippen LogP contribution >= 0.6 is 34.2 Å². The van der Waals surface area contributed by atoms with Crippen molar-refractivity contribution in [2.75, 3.05) is 5.32 Å². The Morgan fingerprint density at radius 3 is 2.42 bits per heavy atom. The molecular weight excluding hydrogens is 387 g/mol. The van der Waals surface area contributed by atoms with Crippen LogP contribution in [0.5, 0.6) is 0 Å². The van der Waals surface area contributed by atoms with E-state index in [0.717, 1.165) is 6.07 Å². The molecule has 2 nitrogen and oxygen atoms in total. The Labute approximate surface area is 126 Å². The number of halogens is 4. The van der Waals surface area contributed by atoms with Crippen LogP contribution < -0.4 is 5.32 Å². The highest BCUT2D eigenvalue weighted by Crippen LogP contribution is 2.20.